The normalized spacial score (nSPS) is 16.0. The van der Waals surface area contributed by atoms with Crippen LogP contribution in [0.4, 0.5) is 11.4 Å². The highest BCUT2D eigenvalue weighted by atomic mass is 15.2. The molecular formula is C42H35N. The van der Waals surface area contributed by atoms with Crippen molar-refractivity contribution in [2.75, 3.05) is 4.90 Å². The summed E-state index contributed by atoms with van der Waals surface area (Å²) >= 11 is 0. The van der Waals surface area contributed by atoms with E-state index in [2.05, 4.69) is 135 Å². The molecule has 1 aliphatic heterocycles. The monoisotopic (exact) mass is 553 g/mol. The minimum atomic E-state index is -0.126. The quantitative estimate of drug-likeness (QED) is 0.210. The number of rotatable bonds is 4. The number of fused-ring (bicyclic) bond motifs is 6. The molecule has 208 valence electrons. The minimum absolute atomic E-state index is 0.126. The van der Waals surface area contributed by atoms with E-state index >= 15 is 0 Å². The third-order valence-electron chi connectivity index (χ3n) is 9.84. The van der Waals surface area contributed by atoms with E-state index in [1.54, 1.807) is 0 Å². The zero-order chi connectivity index (χ0) is 29.3. The molecule has 0 saturated heterocycles. The van der Waals surface area contributed by atoms with Gasteiger partial charge < -0.3 is 4.90 Å². The summed E-state index contributed by atoms with van der Waals surface area (Å²) in [6.07, 6.45) is 12.0. The smallest absolute Gasteiger partial charge is 0.0502 e. The Hall–Kier alpha value is -4.88. The maximum Gasteiger partial charge on any atom is 0.0502 e. The molecule has 1 heterocycles. The average Bonchev–Trinajstić information content (AvgIpc) is 3.42. The molecule has 0 saturated carbocycles. The topological polar surface area (TPSA) is 3.24 Å². The molecule has 2 aliphatic carbocycles. The molecule has 8 rings (SSSR count). The van der Waals surface area contributed by atoms with E-state index in [1.165, 1.54) is 72.4 Å². The first kappa shape index (κ1) is 25.8. The van der Waals surface area contributed by atoms with Crippen molar-refractivity contribution in [1.29, 1.82) is 0 Å². The van der Waals surface area contributed by atoms with Crippen molar-refractivity contribution in [3.05, 3.63) is 155 Å². The first-order valence-corrected chi connectivity index (χ1v) is 15.4. The molecule has 0 fully saturated rings. The first-order chi connectivity index (χ1) is 21.0. The highest BCUT2D eigenvalue weighted by Crippen LogP contribution is 2.53. The van der Waals surface area contributed by atoms with Crippen molar-refractivity contribution < 1.29 is 0 Å². The van der Waals surface area contributed by atoms with Crippen LogP contribution >= 0.6 is 0 Å². The molecule has 43 heavy (non-hydrogen) atoms. The molecular weight excluding hydrogens is 518 g/mol. The Kier molecular flexibility index (Phi) is 5.74. The van der Waals surface area contributed by atoms with Crippen molar-refractivity contribution >= 4 is 34.3 Å². The second kappa shape index (κ2) is 9.57. The van der Waals surface area contributed by atoms with Crippen LogP contribution in [0, 0.1) is 0 Å². The predicted molar refractivity (Wildman–Crippen MR) is 185 cm³/mol. The van der Waals surface area contributed by atoms with Gasteiger partial charge >= 0.3 is 0 Å². The largest absolute Gasteiger partial charge is 0.310 e. The van der Waals surface area contributed by atoms with Gasteiger partial charge in [-0.3, -0.25) is 0 Å². The van der Waals surface area contributed by atoms with Gasteiger partial charge in [-0.2, -0.15) is 0 Å². The highest BCUT2D eigenvalue weighted by Gasteiger charge is 2.40. The van der Waals surface area contributed by atoms with Gasteiger partial charge in [-0.1, -0.05) is 112 Å². The lowest BCUT2D eigenvalue weighted by Gasteiger charge is -2.45. The Bertz CT molecular complexity index is 2070. The maximum absolute atomic E-state index is 4.13. The standard InChI is InChI=1S/C42H35N/c1-5-27-25-37(36-16-10-9-15-35(36)32(27)6-2)29-19-22-41-39(26-29)42(3,4)38-17-11-12-18-40(38)43(41)31-20-21-34-30(24-31)23-28-13-7-8-14-33(28)34/h5-10,13-22,24-26H,1-2,11-12,23H2,3-4H3. The van der Waals surface area contributed by atoms with Crippen LogP contribution in [0.25, 0.3) is 45.2 Å². The minimum Gasteiger partial charge on any atom is -0.310 e. The first-order valence-electron chi connectivity index (χ1n) is 15.4. The van der Waals surface area contributed by atoms with E-state index in [-0.39, 0.29) is 5.41 Å². The molecule has 0 N–H and O–H groups in total. The molecule has 5 aromatic rings. The van der Waals surface area contributed by atoms with Crippen molar-refractivity contribution in [1.82, 2.24) is 0 Å². The summed E-state index contributed by atoms with van der Waals surface area (Å²) in [7, 11) is 0. The molecule has 0 atom stereocenters. The van der Waals surface area contributed by atoms with Crippen LogP contribution in [0.15, 0.2) is 128 Å². The molecule has 1 heteroatoms. The van der Waals surface area contributed by atoms with E-state index in [9.17, 15) is 0 Å². The number of hydrogen-bond acceptors (Lipinski definition) is 1. The lowest BCUT2D eigenvalue weighted by molar-refractivity contribution is 0.603. The van der Waals surface area contributed by atoms with Gasteiger partial charge in [0.2, 0.25) is 0 Å². The zero-order valence-electron chi connectivity index (χ0n) is 25.0. The molecule has 5 aromatic carbocycles. The fourth-order valence-corrected chi connectivity index (χ4v) is 7.73. The predicted octanol–water partition coefficient (Wildman–Crippen LogP) is 11.4. The summed E-state index contributed by atoms with van der Waals surface area (Å²) in [5, 5.41) is 2.45. The van der Waals surface area contributed by atoms with Gasteiger partial charge in [-0.05, 0) is 116 Å². The maximum atomic E-state index is 4.13. The lowest BCUT2D eigenvalue weighted by Crippen LogP contribution is -2.36. The Labute approximate surface area is 254 Å². The van der Waals surface area contributed by atoms with Crippen LogP contribution < -0.4 is 4.90 Å². The number of anilines is 2. The third kappa shape index (κ3) is 3.78. The Morgan fingerprint density at radius 2 is 1.47 bits per heavy atom. The van der Waals surface area contributed by atoms with E-state index in [0.717, 1.165) is 30.4 Å². The van der Waals surface area contributed by atoms with Gasteiger partial charge in [0.05, 0.1) is 5.69 Å². The molecule has 0 spiro atoms. The summed E-state index contributed by atoms with van der Waals surface area (Å²) in [5.74, 6) is 0. The van der Waals surface area contributed by atoms with Gasteiger partial charge in [0, 0.05) is 16.8 Å². The van der Waals surface area contributed by atoms with Crippen molar-refractivity contribution in [2.45, 2.75) is 38.5 Å². The average molecular weight is 554 g/mol. The zero-order valence-corrected chi connectivity index (χ0v) is 25.0. The van der Waals surface area contributed by atoms with Gasteiger partial charge in [0.15, 0.2) is 0 Å². The third-order valence-corrected chi connectivity index (χ3v) is 9.84. The van der Waals surface area contributed by atoms with Crippen LogP contribution in [0.3, 0.4) is 0 Å². The van der Waals surface area contributed by atoms with Crippen molar-refractivity contribution in [3.63, 3.8) is 0 Å². The Balaban J connectivity index is 1.33. The lowest BCUT2D eigenvalue weighted by atomic mass is 9.70. The van der Waals surface area contributed by atoms with Crippen LogP contribution in [0.2, 0.25) is 0 Å². The van der Waals surface area contributed by atoms with Crippen molar-refractivity contribution in [2.24, 2.45) is 0 Å². The molecule has 0 radical (unpaired) electrons. The van der Waals surface area contributed by atoms with E-state index in [4.69, 9.17) is 0 Å². The van der Waals surface area contributed by atoms with Gasteiger partial charge in [0.1, 0.15) is 0 Å². The van der Waals surface area contributed by atoms with Crippen LogP contribution in [-0.4, -0.2) is 0 Å². The highest BCUT2D eigenvalue weighted by molar-refractivity contribution is 6.04. The summed E-state index contributed by atoms with van der Waals surface area (Å²) in [4.78, 5) is 2.52. The molecule has 0 aromatic heterocycles. The van der Waals surface area contributed by atoms with Crippen molar-refractivity contribution in [3.8, 4) is 22.3 Å². The molecule has 1 nitrogen and oxygen atoms in total. The SMILES string of the molecule is C=Cc1cc(-c2ccc3c(c2)C(C)(C)C2=CCCC=C2N3c2ccc3c(c2)Cc2ccccc2-3)c2ccccc2c1C=C. The summed E-state index contributed by atoms with van der Waals surface area (Å²) in [6, 6.07) is 34.0. The summed E-state index contributed by atoms with van der Waals surface area (Å²) in [6.45, 7) is 13.0. The van der Waals surface area contributed by atoms with Gasteiger partial charge in [0.25, 0.3) is 0 Å². The number of benzene rings is 5. The van der Waals surface area contributed by atoms with E-state index in [0.29, 0.717) is 0 Å². The van der Waals surface area contributed by atoms with Crippen LogP contribution in [-0.2, 0) is 11.8 Å². The van der Waals surface area contributed by atoms with Gasteiger partial charge in [-0.25, -0.2) is 0 Å². The Morgan fingerprint density at radius 3 is 2.30 bits per heavy atom. The molecule has 0 bridgehead atoms. The second-order valence-corrected chi connectivity index (χ2v) is 12.5. The van der Waals surface area contributed by atoms with Gasteiger partial charge in [-0.15, -0.1) is 0 Å². The molecule has 3 aliphatic rings. The number of allylic oxidation sites excluding steroid dienone is 3. The Morgan fingerprint density at radius 1 is 0.698 bits per heavy atom. The summed E-state index contributed by atoms with van der Waals surface area (Å²) in [5.41, 5.74) is 16.8. The van der Waals surface area contributed by atoms with Crippen LogP contribution in [0.1, 0.15) is 54.5 Å². The second-order valence-electron chi connectivity index (χ2n) is 12.5. The molecule has 0 amide bonds. The number of nitrogens with zero attached hydrogens (tertiary/aromatic N) is 1. The number of hydrogen-bond donors (Lipinski definition) is 0. The van der Waals surface area contributed by atoms with E-state index in [1.807, 2.05) is 12.2 Å². The summed E-state index contributed by atoms with van der Waals surface area (Å²) < 4.78 is 0. The molecule has 0 unspecified atom stereocenters. The fourth-order valence-electron chi connectivity index (χ4n) is 7.73. The fraction of sp³-hybridized carbons (Fsp3) is 0.143. The van der Waals surface area contributed by atoms with E-state index < -0.39 is 0 Å². The van der Waals surface area contributed by atoms with Crippen LogP contribution in [0.5, 0.6) is 0 Å².